The molecule has 2 amide bonds. The van der Waals surface area contributed by atoms with Crippen LogP contribution in [0.2, 0.25) is 0 Å². The van der Waals surface area contributed by atoms with E-state index in [4.69, 9.17) is 0 Å². The molecule has 1 unspecified atom stereocenters. The van der Waals surface area contributed by atoms with Crippen molar-refractivity contribution in [3.8, 4) is 0 Å². The number of hydrogen-bond acceptors (Lipinski definition) is 3. The van der Waals surface area contributed by atoms with Gasteiger partial charge in [0.05, 0.1) is 6.54 Å². The van der Waals surface area contributed by atoms with E-state index in [0.717, 1.165) is 6.07 Å². The van der Waals surface area contributed by atoms with Gasteiger partial charge in [-0.1, -0.05) is 18.2 Å². The van der Waals surface area contributed by atoms with Crippen molar-refractivity contribution in [1.82, 2.24) is 5.32 Å². The van der Waals surface area contributed by atoms with Gasteiger partial charge in [0.1, 0.15) is 17.2 Å². The maximum atomic E-state index is 13.0. The van der Waals surface area contributed by atoms with Gasteiger partial charge in [-0.05, 0) is 42.8 Å². The number of aliphatic hydroxyl groups is 1. The molecule has 5 nitrogen and oxygen atoms in total. The topological polar surface area (TPSA) is 78.4 Å². The van der Waals surface area contributed by atoms with E-state index in [0.29, 0.717) is 5.56 Å². The Morgan fingerprint density at radius 2 is 1.71 bits per heavy atom. The minimum Gasteiger partial charge on any atom is -0.384 e. The quantitative estimate of drug-likeness (QED) is 0.748. The molecule has 1 atom stereocenters. The zero-order valence-corrected chi connectivity index (χ0v) is 12.8. The van der Waals surface area contributed by atoms with Crippen molar-refractivity contribution in [2.24, 2.45) is 0 Å². The Labute approximate surface area is 137 Å². The Balaban J connectivity index is 1.94. The zero-order chi connectivity index (χ0) is 17.7. The molecule has 0 spiro atoms. The highest BCUT2D eigenvalue weighted by Gasteiger charge is 2.25. The fraction of sp³-hybridized carbons (Fsp3) is 0.176. The Kier molecular flexibility index (Phi) is 5.25. The van der Waals surface area contributed by atoms with E-state index in [1.54, 1.807) is 0 Å². The van der Waals surface area contributed by atoms with Crippen LogP contribution in [0.25, 0.3) is 0 Å². The zero-order valence-electron chi connectivity index (χ0n) is 12.8. The number of nitrogens with one attached hydrogen (secondary N) is 2. The summed E-state index contributed by atoms with van der Waals surface area (Å²) in [6.45, 7) is 1.17. The van der Waals surface area contributed by atoms with Crippen LogP contribution in [0.4, 0.5) is 14.5 Å². The van der Waals surface area contributed by atoms with Crippen molar-refractivity contribution in [3.63, 3.8) is 0 Å². The standard InChI is InChI=1S/C17H16F2N2O3/c1-17(24,11-5-7-12(18)8-6-11)10-20-15(22)16(23)21-14-4-2-3-13(19)9-14/h2-9,24H,10H2,1H3,(H,20,22)(H,21,23). The van der Waals surface area contributed by atoms with Gasteiger partial charge in [-0.2, -0.15) is 0 Å². The third-order valence-electron chi connectivity index (χ3n) is 3.35. The molecule has 24 heavy (non-hydrogen) atoms. The predicted octanol–water partition coefficient (Wildman–Crippen LogP) is 1.93. The molecule has 2 aromatic rings. The summed E-state index contributed by atoms with van der Waals surface area (Å²) in [5.74, 6) is -2.97. The minimum atomic E-state index is -1.48. The van der Waals surface area contributed by atoms with Gasteiger partial charge < -0.3 is 15.7 Å². The molecule has 0 heterocycles. The van der Waals surface area contributed by atoms with Gasteiger partial charge in [0.25, 0.3) is 0 Å². The Bertz CT molecular complexity index is 746. The van der Waals surface area contributed by atoms with Crippen LogP contribution in [0.1, 0.15) is 12.5 Å². The number of carbonyl (C=O) groups excluding carboxylic acids is 2. The van der Waals surface area contributed by atoms with Gasteiger partial charge >= 0.3 is 11.8 Å². The molecule has 3 N–H and O–H groups in total. The lowest BCUT2D eigenvalue weighted by atomic mass is 9.96. The number of carbonyl (C=O) groups is 2. The molecule has 7 heteroatoms. The molecule has 0 fully saturated rings. The molecular formula is C17H16F2N2O3. The van der Waals surface area contributed by atoms with Crippen LogP contribution in [0, 0.1) is 11.6 Å². The van der Waals surface area contributed by atoms with E-state index in [9.17, 15) is 23.5 Å². The summed E-state index contributed by atoms with van der Waals surface area (Å²) < 4.78 is 25.9. The summed E-state index contributed by atoms with van der Waals surface area (Å²) in [5.41, 5.74) is -0.960. The molecule has 2 aromatic carbocycles. The van der Waals surface area contributed by atoms with E-state index in [1.165, 1.54) is 49.4 Å². The number of rotatable bonds is 4. The number of anilines is 1. The minimum absolute atomic E-state index is 0.139. The second-order valence-corrected chi connectivity index (χ2v) is 5.43. The maximum Gasteiger partial charge on any atom is 0.313 e. The maximum absolute atomic E-state index is 13.0. The van der Waals surface area contributed by atoms with Gasteiger partial charge in [0, 0.05) is 5.69 Å². The van der Waals surface area contributed by atoms with Crippen molar-refractivity contribution in [2.45, 2.75) is 12.5 Å². The van der Waals surface area contributed by atoms with E-state index >= 15 is 0 Å². The number of hydrogen-bond donors (Lipinski definition) is 3. The first-order chi connectivity index (χ1) is 11.3. The molecule has 0 saturated carbocycles. The first-order valence-corrected chi connectivity index (χ1v) is 7.11. The van der Waals surface area contributed by atoms with Gasteiger partial charge in [-0.25, -0.2) is 8.78 Å². The lowest BCUT2D eigenvalue weighted by Gasteiger charge is -2.24. The third kappa shape index (κ3) is 4.60. The SMILES string of the molecule is CC(O)(CNC(=O)C(=O)Nc1cccc(F)c1)c1ccc(F)cc1. The Morgan fingerprint density at radius 3 is 2.33 bits per heavy atom. The summed E-state index contributed by atoms with van der Waals surface area (Å²) >= 11 is 0. The van der Waals surface area contributed by atoms with E-state index in [2.05, 4.69) is 10.6 Å². The molecule has 0 radical (unpaired) electrons. The third-order valence-corrected chi connectivity index (χ3v) is 3.35. The van der Waals surface area contributed by atoms with Gasteiger partial charge in [0.15, 0.2) is 0 Å². The van der Waals surface area contributed by atoms with Crippen molar-refractivity contribution in [2.75, 3.05) is 11.9 Å². The molecule has 0 aliphatic heterocycles. The summed E-state index contributed by atoms with van der Waals surface area (Å²) in [6.07, 6.45) is 0. The fourth-order valence-electron chi connectivity index (χ4n) is 2.00. The molecule has 0 aliphatic rings. The largest absolute Gasteiger partial charge is 0.384 e. The van der Waals surface area contributed by atoms with Crippen molar-refractivity contribution in [3.05, 3.63) is 65.7 Å². The second-order valence-electron chi connectivity index (χ2n) is 5.43. The number of halogens is 2. The smallest absolute Gasteiger partial charge is 0.313 e. The van der Waals surface area contributed by atoms with Crippen molar-refractivity contribution in [1.29, 1.82) is 0 Å². The summed E-state index contributed by atoms with van der Waals surface area (Å²) in [4.78, 5) is 23.5. The molecule has 2 rings (SSSR count). The molecule has 0 saturated heterocycles. The monoisotopic (exact) mass is 334 g/mol. The number of benzene rings is 2. The van der Waals surface area contributed by atoms with Crippen molar-refractivity contribution < 1.29 is 23.5 Å². The summed E-state index contributed by atoms with van der Waals surface area (Å²) in [6, 6.07) is 10.2. The van der Waals surface area contributed by atoms with Crippen LogP contribution in [0.3, 0.4) is 0 Å². The summed E-state index contributed by atoms with van der Waals surface area (Å²) in [5, 5.41) is 14.8. The average molecular weight is 334 g/mol. The molecular weight excluding hydrogens is 318 g/mol. The Morgan fingerprint density at radius 1 is 1.04 bits per heavy atom. The highest BCUT2D eigenvalue weighted by molar-refractivity contribution is 6.39. The van der Waals surface area contributed by atoms with Crippen LogP contribution in [0.15, 0.2) is 48.5 Å². The van der Waals surface area contributed by atoms with Crippen LogP contribution in [-0.4, -0.2) is 23.5 Å². The van der Waals surface area contributed by atoms with Crippen LogP contribution < -0.4 is 10.6 Å². The normalized spacial score (nSPS) is 13.0. The highest BCUT2D eigenvalue weighted by atomic mass is 19.1. The van der Waals surface area contributed by atoms with E-state index in [-0.39, 0.29) is 12.2 Å². The van der Waals surface area contributed by atoms with Crippen LogP contribution in [0.5, 0.6) is 0 Å². The summed E-state index contributed by atoms with van der Waals surface area (Å²) in [7, 11) is 0. The van der Waals surface area contributed by atoms with E-state index in [1.807, 2.05) is 0 Å². The lowest BCUT2D eigenvalue weighted by Crippen LogP contribution is -2.43. The average Bonchev–Trinajstić information content (AvgIpc) is 2.53. The lowest BCUT2D eigenvalue weighted by molar-refractivity contribution is -0.136. The van der Waals surface area contributed by atoms with E-state index < -0.39 is 29.0 Å². The number of amides is 2. The van der Waals surface area contributed by atoms with Crippen LogP contribution in [-0.2, 0) is 15.2 Å². The van der Waals surface area contributed by atoms with Gasteiger partial charge in [-0.15, -0.1) is 0 Å². The molecule has 0 bridgehead atoms. The van der Waals surface area contributed by atoms with Crippen LogP contribution >= 0.6 is 0 Å². The first-order valence-electron chi connectivity index (χ1n) is 7.11. The molecule has 126 valence electrons. The second kappa shape index (κ2) is 7.18. The van der Waals surface area contributed by atoms with Crippen molar-refractivity contribution >= 4 is 17.5 Å². The molecule has 0 aromatic heterocycles. The van der Waals surface area contributed by atoms with Gasteiger partial charge in [0.2, 0.25) is 0 Å². The molecule has 0 aliphatic carbocycles. The first kappa shape index (κ1) is 17.6. The highest BCUT2D eigenvalue weighted by Crippen LogP contribution is 2.19. The predicted molar refractivity (Wildman–Crippen MR) is 84.0 cm³/mol. The Hall–Kier alpha value is -2.80. The fourth-order valence-corrected chi connectivity index (χ4v) is 2.00. The van der Waals surface area contributed by atoms with Gasteiger partial charge in [-0.3, -0.25) is 9.59 Å².